The number of ether oxygens (including phenoxy) is 2. The van der Waals surface area contributed by atoms with E-state index in [1.165, 1.54) is 26.4 Å². The number of aromatic nitrogens is 2. The van der Waals surface area contributed by atoms with Crippen molar-refractivity contribution in [3.63, 3.8) is 0 Å². The van der Waals surface area contributed by atoms with Gasteiger partial charge in [0.05, 0.1) is 14.2 Å². The number of phenolic OH excluding ortho intramolecular Hbond substituents is 1. The molecule has 0 amide bonds. The largest absolute Gasteiger partial charge is 0.508 e. The molecule has 3 rings (SSSR count). The number of nitrogens with zero attached hydrogens (tertiary/aromatic N) is 2. The highest BCUT2D eigenvalue weighted by molar-refractivity contribution is 6.35. The molecule has 1 aromatic carbocycles. The van der Waals surface area contributed by atoms with Crippen LogP contribution in [0, 0.1) is 0 Å². The molecule has 0 aliphatic heterocycles. The maximum atomic E-state index is 12.3. The van der Waals surface area contributed by atoms with Gasteiger partial charge in [0.2, 0.25) is 0 Å². The summed E-state index contributed by atoms with van der Waals surface area (Å²) < 4.78 is 9.63. The molecule has 1 atom stereocenters. The first-order valence-corrected chi connectivity index (χ1v) is 9.08. The lowest BCUT2D eigenvalue weighted by Crippen LogP contribution is -2.33. The number of anilines is 1. The van der Waals surface area contributed by atoms with E-state index in [1.54, 1.807) is 12.1 Å². The van der Waals surface area contributed by atoms with Gasteiger partial charge in [0.15, 0.2) is 5.69 Å². The van der Waals surface area contributed by atoms with Crippen LogP contribution in [0.2, 0.25) is 5.02 Å². The van der Waals surface area contributed by atoms with E-state index in [0.717, 1.165) is 18.4 Å². The minimum atomic E-state index is -0.806. The number of nitrogens with one attached hydrogen (secondary N) is 1. The molecular weight excluding hydrogens is 386 g/mol. The highest BCUT2D eigenvalue weighted by Gasteiger charge is 2.31. The van der Waals surface area contributed by atoms with Gasteiger partial charge in [0.1, 0.15) is 28.5 Å². The predicted molar refractivity (Wildman–Crippen MR) is 102 cm³/mol. The number of carbonyl (C=O) groups excluding carboxylic acids is 2. The number of phenols is 1. The normalized spacial score (nSPS) is 14.2. The van der Waals surface area contributed by atoms with Crippen molar-refractivity contribution in [3.05, 3.63) is 46.4 Å². The molecule has 0 saturated heterocycles. The molecule has 0 spiro atoms. The first-order chi connectivity index (χ1) is 13.4. The van der Waals surface area contributed by atoms with Gasteiger partial charge >= 0.3 is 11.9 Å². The molecule has 1 unspecified atom stereocenters. The SMILES string of the molecule is COC(=O)c1nc(C2CC2)nc(NC(Cc2ccc(O)cc2)C(=O)OC)c1Cl. The van der Waals surface area contributed by atoms with Crippen LogP contribution in [0.4, 0.5) is 5.82 Å². The third kappa shape index (κ3) is 4.51. The average Bonchev–Trinajstić information content (AvgIpc) is 3.54. The van der Waals surface area contributed by atoms with E-state index in [1.807, 2.05) is 0 Å². The van der Waals surface area contributed by atoms with E-state index >= 15 is 0 Å². The second kappa shape index (κ2) is 8.43. The van der Waals surface area contributed by atoms with Crippen molar-refractivity contribution in [2.45, 2.75) is 31.2 Å². The topological polar surface area (TPSA) is 111 Å². The van der Waals surface area contributed by atoms with Crippen molar-refractivity contribution in [2.75, 3.05) is 19.5 Å². The van der Waals surface area contributed by atoms with Crippen LogP contribution in [0.5, 0.6) is 5.75 Å². The van der Waals surface area contributed by atoms with Crippen LogP contribution < -0.4 is 5.32 Å². The number of hydrogen-bond donors (Lipinski definition) is 2. The second-order valence-electron chi connectivity index (χ2n) is 6.45. The van der Waals surface area contributed by atoms with Crippen LogP contribution in [0.3, 0.4) is 0 Å². The molecule has 148 valence electrons. The molecule has 28 heavy (non-hydrogen) atoms. The zero-order chi connectivity index (χ0) is 20.3. The molecule has 8 nitrogen and oxygen atoms in total. The molecular formula is C19H20ClN3O5. The number of esters is 2. The number of hydrogen-bond acceptors (Lipinski definition) is 8. The summed E-state index contributed by atoms with van der Waals surface area (Å²) in [5.74, 6) is -0.244. The third-order valence-electron chi connectivity index (χ3n) is 4.36. The fraction of sp³-hybridized carbons (Fsp3) is 0.368. The fourth-order valence-corrected chi connectivity index (χ4v) is 2.90. The van der Waals surface area contributed by atoms with Crippen LogP contribution in [0.25, 0.3) is 0 Å². The zero-order valence-electron chi connectivity index (χ0n) is 15.4. The number of aromatic hydroxyl groups is 1. The molecule has 9 heteroatoms. The molecule has 2 aromatic rings. The Balaban J connectivity index is 1.92. The fourth-order valence-electron chi connectivity index (χ4n) is 2.68. The van der Waals surface area contributed by atoms with Crippen LogP contribution in [-0.4, -0.2) is 47.3 Å². The summed E-state index contributed by atoms with van der Waals surface area (Å²) in [7, 11) is 2.53. The van der Waals surface area contributed by atoms with Crippen LogP contribution in [-0.2, 0) is 20.7 Å². The van der Waals surface area contributed by atoms with E-state index < -0.39 is 18.0 Å². The van der Waals surface area contributed by atoms with E-state index in [4.69, 9.17) is 21.1 Å². The number of rotatable bonds is 7. The van der Waals surface area contributed by atoms with Gasteiger partial charge in [0.25, 0.3) is 0 Å². The highest BCUT2D eigenvalue weighted by atomic mass is 35.5. The second-order valence-corrected chi connectivity index (χ2v) is 6.83. The molecule has 1 saturated carbocycles. The Hall–Kier alpha value is -2.87. The lowest BCUT2D eigenvalue weighted by atomic mass is 10.1. The Kier molecular flexibility index (Phi) is 5.99. The number of methoxy groups -OCH3 is 2. The van der Waals surface area contributed by atoms with Crippen molar-refractivity contribution in [1.29, 1.82) is 0 Å². The van der Waals surface area contributed by atoms with Crippen molar-refractivity contribution in [2.24, 2.45) is 0 Å². The molecule has 2 N–H and O–H groups in total. The Morgan fingerprint density at radius 1 is 1.21 bits per heavy atom. The number of benzene rings is 1. The average molecular weight is 406 g/mol. The van der Waals surface area contributed by atoms with E-state index in [0.29, 0.717) is 5.82 Å². The minimum absolute atomic E-state index is 0.0177. The highest BCUT2D eigenvalue weighted by Crippen LogP contribution is 2.40. The molecule has 1 fully saturated rings. The number of carbonyl (C=O) groups is 2. The minimum Gasteiger partial charge on any atom is -0.508 e. The maximum Gasteiger partial charge on any atom is 0.358 e. The van der Waals surface area contributed by atoms with Crippen LogP contribution in [0.1, 0.15) is 40.6 Å². The summed E-state index contributed by atoms with van der Waals surface area (Å²) in [4.78, 5) is 33.0. The van der Waals surface area contributed by atoms with E-state index in [-0.39, 0.29) is 34.6 Å². The lowest BCUT2D eigenvalue weighted by molar-refractivity contribution is -0.141. The summed E-state index contributed by atoms with van der Waals surface area (Å²) in [6.45, 7) is 0. The van der Waals surface area contributed by atoms with Crippen molar-refractivity contribution in [3.8, 4) is 5.75 Å². The first kappa shape index (κ1) is 19.9. The van der Waals surface area contributed by atoms with Gasteiger partial charge in [-0.2, -0.15) is 0 Å². The Morgan fingerprint density at radius 2 is 1.89 bits per heavy atom. The van der Waals surface area contributed by atoms with Crippen molar-refractivity contribution < 1.29 is 24.2 Å². The van der Waals surface area contributed by atoms with Crippen LogP contribution >= 0.6 is 11.6 Å². The summed E-state index contributed by atoms with van der Waals surface area (Å²) >= 11 is 6.32. The smallest absolute Gasteiger partial charge is 0.358 e. The van der Waals surface area contributed by atoms with Crippen molar-refractivity contribution >= 4 is 29.4 Å². The lowest BCUT2D eigenvalue weighted by Gasteiger charge is -2.19. The van der Waals surface area contributed by atoms with Gasteiger partial charge in [-0.25, -0.2) is 19.6 Å². The van der Waals surface area contributed by atoms with Gasteiger partial charge < -0.3 is 19.9 Å². The summed E-state index contributed by atoms with van der Waals surface area (Å²) in [6, 6.07) is 5.65. The van der Waals surface area contributed by atoms with Gasteiger partial charge in [-0.3, -0.25) is 0 Å². The molecule has 1 aromatic heterocycles. The molecule has 1 heterocycles. The zero-order valence-corrected chi connectivity index (χ0v) is 16.2. The first-order valence-electron chi connectivity index (χ1n) is 8.71. The van der Waals surface area contributed by atoms with E-state index in [2.05, 4.69) is 15.3 Å². The third-order valence-corrected chi connectivity index (χ3v) is 4.72. The van der Waals surface area contributed by atoms with Gasteiger partial charge in [-0.1, -0.05) is 23.7 Å². The summed E-state index contributed by atoms with van der Waals surface area (Å²) in [5.41, 5.74) is 0.748. The predicted octanol–water partition coefficient (Wildman–Crippen LogP) is 2.70. The molecule has 1 aliphatic carbocycles. The quantitative estimate of drug-likeness (QED) is 0.676. The van der Waals surface area contributed by atoms with Gasteiger partial charge in [0, 0.05) is 12.3 Å². The molecule has 1 aliphatic rings. The molecule has 0 bridgehead atoms. The Morgan fingerprint density at radius 3 is 2.46 bits per heavy atom. The summed E-state index contributed by atoms with van der Waals surface area (Å²) in [6.07, 6.45) is 2.12. The Bertz CT molecular complexity index is 884. The van der Waals surface area contributed by atoms with Crippen molar-refractivity contribution in [1.82, 2.24) is 9.97 Å². The summed E-state index contributed by atoms with van der Waals surface area (Å²) in [5, 5.41) is 12.4. The monoisotopic (exact) mass is 405 g/mol. The maximum absolute atomic E-state index is 12.3. The van der Waals surface area contributed by atoms with Crippen LogP contribution in [0.15, 0.2) is 24.3 Å². The molecule has 0 radical (unpaired) electrons. The Labute approximate surface area is 166 Å². The van der Waals surface area contributed by atoms with Gasteiger partial charge in [-0.15, -0.1) is 0 Å². The van der Waals surface area contributed by atoms with Gasteiger partial charge in [-0.05, 0) is 30.5 Å². The standard InChI is InChI=1S/C19H20ClN3O5/c1-27-18(25)13(9-10-3-7-12(24)8-4-10)21-17-14(20)15(19(26)28-2)22-16(23-17)11-5-6-11/h3-4,7-8,11,13,24H,5-6,9H2,1-2H3,(H,21,22,23). The number of halogens is 1. The van der Waals surface area contributed by atoms with E-state index in [9.17, 15) is 14.7 Å².